The minimum atomic E-state index is -3.95. The second-order valence-corrected chi connectivity index (χ2v) is 5.79. The largest absolute Gasteiger partial charge is 0.285 e. The van der Waals surface area contributed by atoms with Gasteiger partial charge in [-0.15, -0.1) is 0 Å². The standard InChI is InChI=1S/C12H14N3O3S/c1-14-5-2-11(3-6-14)12-4-7-15(13-10-12)8-9-19(16,17)18/h2-7,10H,8-9H2,1H3/q+1/p+1. The van der Waals surface area contributed by atoms with Gasteiger partial charge >= 0.3 is 0 Å². The Morgan fingerprint density at radius 3 is 2.32 bits per heavy atom. The Hall–Kier alpha value is -1.86. The fourth-order valence-electron chi connectivity index (χ4n) is 1.59. The number of hydrogen-bond acceptors (Lipinski definition) is 3. The van der Waals surface area contributed by atoms with Crippen molar-refractivity contribution in [3.63, 3.8) is 0 Å². The van der Waals surface area contributed by atoms with Crippen LogP contribution in [0.4, 0.5) is 0 Å². The highest BCUT2D eigenvalue weighted by Gasteiger charge is 2.11. The first-order valence-electron chi connectivity index (χ1n) is 5.71. The summed E-state index contributed by atoms with van der Waals surface area (Å²) in [5.74, 6) is -0.342. The van der Waals surface area contributed by atoms with Crippen LogP contribution in [0.1, 0.15) is 0 Å². The number of pyridine rings is 1. The first-order valence-corrected chi connectivity index (χ1v) is 7.31. The van der Waals surface area contributed by atoms with Crippen molar-refractivity contribution < 1.29 is 22.2 Å². The zero-order valence-corrected chi connectivity index (χ0v) is 11.3. The molecule has 2 aromatic rings. The molecule has 2 rings (SSSR count). The summed E-state index contributed by atoms with van der Waals surface area (Å²) in [6.07, 6.45) is 7.23. The van der Waals surface area contributed by atoms with Crippen LogP contribution in [-0.4, -0.2) is 23.8 Å². The molecule has 1 N–H and O–H groups in total. The lowest BCUT2D eigenvalue weighted by Gasteiger charge is -1.98. The van der Waals surface area contributed by atoms with Gasteiger partial charge in [0, 0.05) is 23.8 Å². The second-order valence-electron chi connectivity index (χ2n) is 4.22. The van der Waals surface area contributed by atoms with Gasteiger partial charge in [0.25, 0.3) is 10.1 Å². The Balaban J connectivity index is 2.12. The summed E-state index contributed by atoms with van der Waals surface area (Å²) >= 11 is 0. The molecule has 0 bridgehead atoms. The van der Waals surface area contributed by atoms with Gasteiger partial charge in [-0.3, -0.25) is 4.55 Å². The Bertz CT molecular complexity index is 652. The predicted octanol–water partition coefficient (Wildman–Crippen LogP) is -0.252. The fraction of sp³-hybridized carbons (Fsp3) is 0.250. The summed E-state index contributed by atoms with van der Waals surface area (Å²) in [4.78, 5) is 0. The topological polar surface area (TPSA) is 75.0 Å². The quantitative estimate of drug-likeness (QED) is 0.619. The molecule has 0 saturated heterocycles. The van der Waals surface area contributed by atoms with Crippen molar-refractivity contribution in [3.05, 3.63) is 43.0 Å². The van der Waals surface area contributed by atoms with E-state index in [0.717, 1.165) is 11.1 Å². The van der Waals surface area contributed by atoms with Crippen molar-refractivity contribution in [1.82, 2.24) is 5.10 Å². The van der Waals surface area contributed by atoms with E-state index in [1.807, 2.05) is 42.2 Å². The van der Waals surface area contributed by atoms with Gasteiger partial charge < -0.3 is 0 Å². The van der Waals surface area contributed by atoms with Gasteiger partial charge in [-0.25, -0.2) is 4.57 Å². The van der Waals surface area contributed by atoms with Gasteiger partial charge in [-0.2, -0.15) is 8.42 Å². The third-order valence-electron chi connectivity index (χ3n) is 2.66. The lowest BCUT2D eigenvalue weighted by molar-refractivity contribution is -0.750. The molecule has 6 nitrogen and oxygen atoms in total. The van der Waals surface area contributed by atoms with Crippen molar-refractivity contribution >= 4 is 10.1 Å². The average molecular weight is 281 g/mol. The molecular weight excluding hydrogens is 266 g/mol. The molecule has 0 fully saturated rings. The molecule has 0 aliphatic carbocycles. The predicted molar refractivity (Wildman–Crippen MR) is 67.5 cm³/mol. The summed E-state index contributed by atoms with van der Waals surface area (Å²) < 4.78 is 33.3. The molecule has 0 amide bonds. The van der Waals surface area contributed by atoms with E-state index in [9.17, 15) is 8.42 Å². The van der Waals surface area contributed by atoms with Crippen molar-refractivity contribution in [2.45, 2.75) is 6.54 Å². The van der Waals surface area contributed by atoms with Crippen molar-refractivity contribution in [1.29, 1.82) is 0 Å². The van der Waals surface area contributed by atoms with Crippen LogP contribution in [0.3, 0.4) is 0 Å². The molecule has 19 heavy (non-hydrogen) atoms. The maximum absolute atomic E-state index is 10.6. The van der Waals surface area contributed by atoms with Gasteiger partial charge in [0.2, 0.25) is 0 Å². The monoisotopic (exact) mass is 281 g/mol. The molecule has 0 spiro atoms. The first kappa shape index (κ1) is 13.6. The Labute approximate surface area is 111 Å². The lowest BCUT2D eigenvalue weighted by atomic mass is 10.1. The highest BCUT2D eigenvalue weighted by atomic mass is 32.2. The van der Waals surface area contributed by atoms with E-state index < -0.39 is 10.1 Å². The van der Waals surface area contributed by atoms with E-state index in [0.29, 0.717) is 0 Å². The summed E-state index contributed by atoms with van der Waals surface area (Å²) in [6.45, 7) is 0.128. The van der Waals surface area contributed by atoms with Crippen LogP contribution in [0.5, 0.6) is 0 Å². The van der Waals surface area contributed by atoms with Crippen molar-refractivity contribution in [3.8, 4) is 11.1 Å². The fourth-order valence-corrected chi connectivity index (χ4v) is 2.01. The van der Waals surface area contributed by atoms with Gasteiger partial charge in [-0.1, -0.05) is 4.68 Å². The molecule has 0 unspecified atom stereocenters. The van der Waals surface area contributed by atoms with E-state index in [-0.39, 0.29) is 12.3 Å². The van der Waals surface area contributed by atoms with E-state index >= 15 is 0 Å². The molecule has 7 heteroatoms. The molecule has 2 heterocycles. The molecule has 2 aromatic heterocycles. The van der Waals surface area contributed by atoms with E-state index in [4.69, 9.17) is 4.55 Å². The molecule has 0 aromatic carbocycles. The normalized spacial score (nSPS) is 11.5. The molecule has 0 saturated carbocycles. The first-order chi connectivity index (χ1) is 8.94. The smallest absolute Gasteiger partial charge is 0.271 e. The van der Waals surface area contributed by atoms with E-state index in [2.05, 4.69) is 5.10 Å². The summed E-state index contributed by atoms with van der Waals surface area (Å²) in [6, 6.07) is 5.80. The maximum Gasteiger partial charge on any atom is 0.271 e. The van der Waals surface area contributed by atoms with E-state index in [1.54, 1.807) is 12.4 Å². The number of nitrogens with zero attached hydrogens (tertiary/aromatic N) is 3. The molecule has 0 aliphatic heterocycles. The van der Waals surface area contributed by atoms with Crippen LogP contribution in [-0.2, 0) is 23.7 Å². The Morgan fingerprint density at radius 1 is 1.16 bits per heavy atom. The third-order valence-corrected chi connectivity index (χ3v) is 3.36. The zero-order chi connectivity index (χ0) is 13.9. The minimum Gasteiger partial charge on any atom is -0.285 e. The molecule has 0 aliphatic rings. The van der Waals surface area contributed by atoms with Crippen molar-refractivity contribution in [2.75, 3.05) is 5.75 Å². The molecule has 100 valence electrons. The summed E-state index contributed by atoms with van der Waals surface area (Å²) in [5.41, 5.74) is 1.98. The van der Waals surface area contributed by atoms with Gasteiger partial charge in [0.15, 0.2) is 25.1 Å². The summed E-state index contributed by atoms with van der Waals surface area (Å²) in [5, 5.41) is 4.11. The number of aryl methyl sites for hydroxylation is 2. The maximum atomic E-state index is 10.6. The average Bonchev–Trinajstić information content (AvgIpc) is 2.37. The lowest BCUT2D eigenvalue weighted by Crippen LogP contribution is -2.40. The number of rotatable bonds is 4. The van der Waals surface area contributed by atoms with Gasteiger partial charge in [-0.05, 0) is 10.7 Å². The van der Waals surface area contributed by atoms with Gasteiger partial charge in [0.05, 0.1) is 0 Å². The van der Waals surface area contributed by atoms with Crippen LogP contribution in [0.2, 0.25) is 0 Å². The van der Waals surface area contributed by atoms with Crippen LogP contribution in [0.25, 0.3) is 11.1 Å². The number of hydrogen-bond donors (Lipinski definition) is 1. The minimum absolute atomic E-state index is 0.128. The van der Waals surface area contributed by atoms with Gasteiger partial charge in [0.1, 0.15) is 19.0 Å². The highest BCUT2D eigenvalue weighted by molar-refractivity contribution is 7.85. The second kappa shape index (κ2) is 5.41. The molecule has 0 atom stereocenters. The van der Waals surface area contributed by atoms with Crippen LogP contribution in [0, 0.1) is 0 Å². The number of aromatic nitrogens is 3. The zero-order valence-electron chi connectivity index (χ0n) is 10.5. The van der Waals surface area contributed by atoms with E-state index in [1.165, 1.54) is 4.68 Å². The molecular formula is C12H15N3O3S+2. The highest BCUT2D eigenvalue weighted by Crippen LogP contribution is 2.14. The van der Waals surface area contributed by atoms with Crippen LogP contribution in [0.15, 0.2) is 43.0 Å². The SMILES string of the molecule is C[n+]1ccc(-c2cc[n+](CCS(=O)(=O)O)nc2)cc1. The van der Waals surface area contributed by atoms with Crippen molar-refractivity contribution in [2.24, 2.45) is 7.05 Å². The third kappa shape index (κ3) is 4.08. The van der Waals surface area contributed by atoms with Crippen LogP contribution < -0.4 is 9.25 Å². The summed E-state index contributed by atoms with van der Waals surface area (Å²) in [7, 11) is -2.01. The Morgan fingerprint density at radius 2 is 1.79 bits per heavy atom. The molecule has 0 radical (unpaired) electrons. The Kier molecular flexibility index (Phi) is 3.87. The van der Waals surface area contributed by atoms with Crippen LogP contribution >= 0.6 is 0 Å².